The number of aliphatic imine (C=N–C) groups is 2. The number of hydrogen-bond donors (Lipinski definition) is 4. The van der Waals surface area contributed by atoms with Crippen molar-refractivity contribution >= 4 is 30.3 Å². The zero-order valence-corrected chi connectivity index (χ0v) is 25.2. The van der Waals surface area contributed by atoms with Gasteiger partial charge in [0.25, 0.3) is 0 Å². The predicted octanol–water partition coefficient (Wildman–Crippen LogP) is 0.865. The molecule has 0 spiro atoms. The SMILES string of the molecule is N/C=N/C(NC=O)=C(/C=C\C1CCCC1)\C=N/C1CCN([S+]([O-])CCCNCCOCCOCCOCCN)CC1. The number of hydrogen-bond acceptors (Lipinski definition) is 10. The van der Waals surface area contributed by atoms with Crippen LogP contribution in [-0.4, -0.2) is 112 Å². The summed E-state index contributed by atoms with van der Waals surface area (Å²) in [6.45, 7) is 6.93. The van der Waals surface area contributed by atoms with Crippen LogP contribution in [0.2, 0.25) is 0 Å². The van der Waals surface area contributed by atoms with Crippen molar-refractivity contribution in [1.29, 1.82) is 0 Å². The van der Waals surface area contributed by atoms with E-state index < -0.39 is 11.4 Å². The third kappa shape index (κ3) is 16.4. The number of amides is 1. The van der Waals surface area contributed by atoms with Crippen LogP contribution in [0.1, 0.15) is 44.9 Å². The van der Waals surface area contributed by atoms with E-state index in [1.54, 1.807) is 6.21 Å². The molecule has 0 bridgehead atoms. The molecular formula is C28H51N7O5S. The quantitative estimate of drug-likeness (QED) is 0.0333. The van der Waals surface area contributed by atoms with Crippen LogP contribution >= 0.6 is 0 Å². The summed E-state index contributed by atoms with van der Waals surface area (Å²) in [5.74, 6) is 1.56. The Morgan fingerprint density at radius 1 is 1.00 bits per heavy atom. The van der Waals surface area contributed by atoms with Gasteiger partial charge in [0.2, 0.25) is 6.41 Å². The lowest BCUT2D eigenvalue weighted by molar-refractivity contribution is -0.108. The Morgan fingerprint density at radius 3 is 2.34 bits per heavy atom. The van der Waals surface area contributed by atoms with Crippen molar-refractivity contribution in [3.63, 3.8) is 0 Å². The van der Waals surface area contributed by atoms with Gasteiger partial charge >= 0.3 is 0 Å². The summed E-state index contributed by atoms with van der Waals surface area (Å²) in [5.41, 5.74) is 11.6. The zero-order valence-electron chi connectivity index (χ0n) is 24.4. The molecule has 2 aliphatic rings. The van der Waals surface area contributed by atoms with Crippen molar-refractivity contribution in [2.45, 2.75) is 51.0 Å². The maximum atomic E-state index is 12.8. The predicted molar refractivity (Wildman–Crippen MR) is 165 cm³/mol. The smallest absolute Gasteiger partial charge is 0.212 e. The van der Waals surface area contributed by atoms with Crippen LogP contribution in [0.4, 0.5) is 0 Å². The van der Waals surface area contributed by atoms with Gasteiger partial charge in [0.05, 0.1) is 52.0 Å². The highest BCUT2D eigenvalue weighted by atomic mass is 32.2. The Bertz CT molecular complexity index is 801. The molecule has 6 N–H and O–H groups in total. The number of carbonyl (C=O) groups is 1. The molecule has 1 heterocycles. The van der Waals surface area contributed by atoms with Crippen molar-refractivity contribution in [2.75, 3.05) is 78.1 Å². The molecule has 234 valence electrons. The Kier molecular flexibility index (Phi) is 20.4. The van der Waals surface area contributed by atoms with Crippen LogP contribution in [0, 0.1) is 5.92 Å². The summed E-state index contributed by atoms with van der Waals surface area (Å²) in [7, 11) is 0. The highest BCUT2D eigenvalue weighted by molar-refractivity contribution is 7.89. The van der Waals surface area contributed by atoms with Gasteiger partial charge in [-0.25, -0.2) is 4.99 Å². The van der Waals surface area contributed by atoms with Crippen LogP contribution in [-0.2, 0) is 30.4 Å². The maximum Gasteiger partial charge on any atom is 0.212 e. The van der Waals surface area contributed by atoms with Crippen molar-refractivity contribution in [3.05, 3.63) is 23.5 Å². The lowest BCUT2D eigenvalue weighted by atomic mass is 10.1. The number of nitrogens with two attached hydrogens (primary N) is 2. The molecule has 1 aliphatic carbocycles. The van der Waals surface area contributed by atoms with Gasteiger partial charge in [0.15, 0.2) is 0 Å². The average Bonchev–Trinajstić information content (AvgIpc) is 3.51. The lowest BCUT2D eigenvalue weighted by Crippen LogP contribution is -2.41. The second kappa shape index (κ2) is 23.7. The summed E-state index contributed by atoms with van der Waals surface area (Å²) < 4.78 is 31.0. The Labute approximate surface area is 248 Å². The molecule has 0 aromatic carbocycles. The first-order valence-electron chi connectivity index (χ1n) is 14.9. The second-order valence-electron chi connectivity index (χ2n) is 9.94. The summed E-state index contributed by atoms with van der Waals surface area (Å²) in [4.78, 5) is 20.0. The molecule has 0 aromatic heterocycles. The molecule has 2 rings (SSSR count). The van der Waals surface area contributed by atoms with E-state index in [1.165, 1.54) is 32.0 Å². The Morgan fingerprint density at radius 2 is 1.68 bits per heavy atom. The number of allylic oxidation sites excluding steroid dienone is 3. The first-order valence-corrected chi connectivity index (χ1v) is 16.1. The van der Waals surface area contributed by atoms with Gasteiger partial charge in [-0.3, -0.25) is 9.79 Å². The molecule has 1 atom stereocenters. The topological polar surface area (TPSA) is 172 Å². The second-order valence-corrected chi connectivity index (χ2v) is 11.5. The molecule has 41 heavy (non-hydrogen) atoms. The Hall–Kier alpha value is -1.84. The molecule has 1 saturated heterocycles. The van der Waals surface area contributed by atoms with Gasteiger partial charge in [-0.05, 0) is 38.1 Å². The normalized spacial score (nSPS) is 19.1. The summed E-state index contributed by atoms with van der Waals surface area (Å²) in [5, 5.41) is 5.96. The van der Waals surface area contributed by atoms with Crippen LogP contribution in [0.15, 0.2) is 33.5 Å². The van der Waals surface area contributed by atoms with Gasteiger partial charge in [-0.2, -0.15) is 0 Å². The minimum absolute atomic E-state index is 0.133. The fourth-order valence-electron chi connectivity index (χ4n) is 4.62. The van der Waals surface area contributed by atoms with Crippen LogP contribution < -0.4 is 22.1 Å². The van der Waals surface area contributed by atoms with E-state index in [2.05, 4.69) is 21.7 Å². The third-order valence-corrected chi connectivity index (χ3v) is 8.44. The van der Waals surface area contributed by atoms with Gasteiger partial charge in [-0.15, -0.1) is 4.31 Å². The van der Waals surface area contributed by atoms with E-state index in [-0.39, 0.29) is 6.04 Å². The maximum absolute atomic E-state index is 12.8. The summed E-state index contributed by atoms with van der Waals surface area (Å²) in [6.07, 6.45) is 15.1. The largest absolute Gasteiger partial charge is 0.598 e. The molecule has 0 radical (unpaired) electrons. The van der Waals surface area contributed by atoms with Crippen molar-refractivity contribution in [2.24, 2.45) is 27.4 Å². The number of nitrogens with zero attached hydrogens (tertiary/aromatic N) is 3. The molecule has 13 heteroatoms. The van der Waals surface area contributed by atoms with Crippen LogP contribution in [0.3, 0.4) is 0 Å². The zero-order chi connectivity index (χ0) is 29.4. The number of carbonyl (C=O) groups excluding carboxylic acids is 1. The van der Waals surface area contributed by atoms with Crippen LogP contribution in [0.5, 0.6) is 0 Å². The first-order chi connectivity index (χ1) is 20.2. The van der Waals surface area contributed by atoms with Crippen molar-refractivity contribution < 1.29 is 23.6 Å². The fraction of sp³-hybridized carbons (Fsp3) is 0.750. The number of nitrogens with one attached hydrogen (secondary N) is 2. The van der Waals surface area contributed by atoms with Gasteiger partial charge < -0.3 is 40.9 Å². The number of piperidine rings is 1. The number of ether oxygens (including phenoxy) is 3. The monoisotopic (exact) mass is 597 g/mol. The minimum Gasteiger partial charge on any atom is -0.598 e. The highest BCUT2D eigenvalue weighted by Gasteiger charge is 2.26. The van der Waals surface area contributed by atoms with Gasteiger partial charge in [-0.1, -0.05) is 25.0 Å². The molecule has 1 unspecified atom stereocenters. The van der Waals surface area contributed by atoms with Crippen LogP contribution in [0.25, 0.3) is 0 Å². The Balaban J connectivity index is 1.61. The molecule has 2 fully saturated rings. The molecule has 1 amide bonds. The standard InChI is InChI=1S/C28H51N7O5S/c29-10-15-38-17-19-40-20-18-39-16-12-31-11-3-21-41(37)35-13-8-27(9-14-35)32-22-26(28(33-23-30)34-24-36)7-6-25-4-1-2-5-25/h6-7,22-25,27,31H,1-5,8-21,29H2,(H2,30,33)(H,34,36)/b7-6-,28-26+,32-22-. The summed E-state index contributed by atoms with van der Waals surface area (Å²) >= 11 is -0.993. The van der Waals surface area contributed by atoms with Crippen molar-refractivity contribution in [3.8, 4) is 0 Å². The summed E-state index contributed by atoms with van der Waals surface area (Å²) in [6, 6.07) is 0.133. The fourth-order valence-corrected chi connectivity index (χ4v) is 5.89. The first kappa shape index (κ1) is 35.4. The lowest BCUT2D eigenvalue weighted by Gasteiger charge is -2.30. The molecular weight excluding hydrogens is 546 g/mol. The molecule has 1 saturated carbocycles. The van der Waals surface area contributed by atoms with Crippen molar-refractivity contribution in [1.82, 2.24) is 14.9 Å². The third-order valence-electron chi connectivity index (χ3n) is 6.86. The van der Waals surface area contributed by atoms with Gasteiger partial charge in [0, 0.05) is 55.7 Å². The molecule has 0 aromatic rings. The average molecular weight is 598 g/mol. The van der Waals surface area contributed by atoms with E-state index in [0.717, 1.165) is 51.0 Å². The van der Waals surface area contributed by atoms with E-state index in [9.17, 15) is 9.35 Å². The minimum atomic E-state index is -0.993. The van der Waals surface area contributed by atoms with E-state index >= 15 is 0 Å². The highest BCUT2D eigenvalue weighted by Crippen LogP contribution is 2.26. The van der Waals surface area contributed by atoms with Gasteiger partial charge in [0.1, 0.15) is 11.6 Å². The van der Waals surface area contributed by atoms with E-state index in [0.29, 0.717) is 70.1 Å². The number of rotatable bonds is 23. The van der Waals surface area contributed by atoms with E-state index in [4.69, 9.17) is 30.7 Å². The van der Waals surface area contributed by atoms with E-state index in [1.807, 2.05) is 10.4 Å². The molecule has 12 nitrogen and oxygen atoms in total. The molecule has 1 aliphatic heterocycles.